The minimum absolute atomic E-state index is 0. The molecule has 33 heavy (non-hydrogen) atoms. The number of nitrogens with zero attached hydrogens (tertiary/aromatic N) is 1. The molecular formula is C26H50NNaO4S. The van der Waals surface area contributed by atoms with Crippen molar-refractivity contribution in [1.29, 1.82) is 0 Å². The van der Waals surface area contributed by atoms with E-state index in [0.29, 0.717) is 13.0 Å². The first-order valence-electron chi connectivity index (χ1n) is 13.2. The van der Waals surface area contributed by atoms with E-state index in [1.165, 1.54) is 101 Å². The molecule has 0 aliphatic heterocycles. The van der Waals surface area contributed by atoms with Crippen molar-refractivity contribution in [3.63, 3.8) is 0 Å². The zero-order valence-corrected chi connectivity index (χ0v) is 24.8. The van der Waals surface area contributed by atoms with Crippen molar-refractivity contribution in [2.45, 2.75) is 129 Å². The van der Waals surface area contributed by atoms with Gasteiger partial charge in [0.05, 0.1) is 10.1 Å². The Balaban J connectivity index is 0. The molecule has 0 rings (SSSR count). The number of carbonyl (C=O) groups excluding carboxylic acids is 1. The Hall–Kier alpha value is 0.120. The number of unbranched alkanes of at least 4 members (excludes halogenated alkanes) is 15. The standard InChI is InChI=1S/C26H51NO4S.Na/c1-3-4-5-6-7-8-9-10-11-12-13-14-15-16-17-18-19-20-21-23-26(28)27(2)24-22-25-32(29,30)31;/h10-11H,3-9,12-25H2,1-2H3,(H,29,30,31);/q;+1/p-1/b11-10-;. The van der Waals surface area contributed by atoms with Crippen molar-refractivity contribution >= 4 is 16.0 Å². The molecule has 0 saturated carbocycles. The Morgan fingerprint density at radius 1 is 0.727 bits per heavy atom. The molecule has 0 saturated heterocycles. The van der Waals surface area contributed by atoms with Crippen LogP contribution in [0, 0.1) is 0 Å². The second-order valence-corrected chi connectivity index (χ2v) is 10.7. The second kappa shape index (κ2) is 25.2. The molecule has 0 radical (unpaired) electrons. The summed E-state index contributed by atoms with van der Waals surface area (Å²) in [4.78, 5) is 13.5. The van der Waals surface area contributed by atoms with Gasteiger partial charge in [0.15, 0.2) is 0 Å². The second-order valence-electron chi connectivity index (χ2n) is 9.18. The molecule has 0 aromatic carbocycles. The fourth-order valence-corrected chi connectivity index (χ4v) is 4.33. The summed E-state index contributed by atoms with van der Waals surface area (Å²) in [5, 5.41) is 0. The van der Waals surface area contributed by atoms with E-state index in [4.69, 9.17) is 0 Å². The largest absolute Gasteiger partial charge is 1.00 e. The van der Waals surface area contributed by atoms with Crippen LogP contribution >= 0.6 is 0 Å². The molecule has 0 fully saturated rings. The van der Waals surface area contributed by atoms with Crippen LogP contribution in [0.5, 0.6) is 0 Å². The van der Waals surface area contributed by atoms with E-state index >= 15 is 0 Å². The molecule has 0 unspecified atom stereocenters. The molecule has 0 aromatic heterocycles. The summed E-state index contributed by atoms with van der Waals surface area (Å²) in [6.07, 6.45) is 27.1. The van der Waals surface area contributed by atoms with Gasteiger partial charge < -0.3 is 9.45 Å². The fourth-order valence-electron chi connectivity index (χ4n) is 3.85. The molecule has 0 aromatic rings. The van der Waals surface area contributed by atoms with Crippen molar-refractivity contribution < 1.29 is 47.3 Å². The van der Waals surface area contributed by atoms with Crippen molar-refractivity contribution in [3.8, 4) is 0 Å². The van der Waals surface area contributed by atoms with Gasteiger partial charge in [-0.3, -0.25) is 4.79 Å². The van der Waals surface area contributed by atoms with Gasteiger partial charge in [-0.1, -0.05) is 96.1 Å². The molecule has 7 heteroatoms. The predicted octanol–water partition coefficient (Wildman–Crippen LogP) is 3.98. The van der Waals surface area contributed by atoms with Gasteiger partial charge in [0.1, 0.15) is 0 Å². The Kier molecular flexibility index (Phi) is 27.0. The van der Waals surface area contributed by atoms with Crippen LogP contribution in [0.15, 0.2) is 12.2 Å². The molecular weight excluding hydrogens is 445 g/mol. The predicted molar refractivity (Wildman–Crippen MR) is 135 cm³/mol. The van der Waals surface area contributed by atoms with Crippen molar-refractivity contribution in [2.75, 3.05) is 19.3 Å². The molecule has 1 amide bonds. The average Bonchev–Trinajstić information content (AvgIpc) is 2.74. The number of hydrogen-bond acceptors (Lipinski definition) is 4. The molecule has 0 atom stereocenters. The summed E-state index contributed by atoms with van der Waals surface area (Å²) < 4.78 is 31.7. The van der Waals surface area contributed by atoms with Gasteiger partial charge in [0, 0.05) is 25.8 Å². The van der Waals surface area contributed by atoms with E-state index in [0.717, 1.165) is 12.8 Å². The van der Waals surface area contributed by atoms with Crippen LogP contribution in [-0.2, 0) is 14.9 Å². The van der Waals surface area contributed by atoms with Gasteiger partial charge in [-0.15, -0.1) is 0 Å². The van der Waals surface area contributed by atoms with E-state index < -0.39 is 15.9 Å². The van der Waals surface area contributed by atoms with Gasteiger partial charge in [-0.25, -0.2) is 8.42 Å². The number of allylic oxidation sites excluding steroid dienone is 2. The van der Waals surface area contributed by atoms with Gasteiger partial charge in [-0.2, -0.15) is 0 Å². The minimum Gasteiger partial charge on any atom is -0.748 e. The Morgan fingerprint density at radius 2 is 1.15 bits per heavy atom. The van der Waals surface area contributed by atoms with Crippen molar-refractivity contribution in [3.05, 3.63) is 12.2 Å². The van der Waals surface area contributed by atoms with E-state index in [1.807, 2.05) is 0 Å². The maximum absolute atomic E-state index is 12.0. The van der Waals surface area contributed by atoms with E-state index in [1.54, 1.807) is 7.05 Å². The molecule has 190 valence electrons. The molecule has 0 N–H and O–H groups in total. The summed E-state index contributed by atoms with van der Waals surface area (Å²) in [5.41, 5.74) is 0. The zero-order valence-electron chi connectivity index (χ0n) is 22.0. The molecule has 0 heterocycles. The van der Waals surface area contributed by atoms with Gasteiger partial charge >= 0.3 is 29.6 Å². The SMILES string of the molecule is CCCCCCCC/C=C\CCCCCCCCCCCC(=O)N(C)CCCS(=O)(=O)[O-].[Na+]. The third-order valence-electron chi connectivity index (χ3n) is 5.97. The van der Waals surface area contributed by atoms with Crippen molar-refractivity contribution in [2.24, 2.45) is 0 Å². The van der Waals surface area contributed by atoms with Crippen LogP contribution in [0.25, 0.3) is 0 Å². The summed E-state index contributed by atoms with van der Waals surface area (Å²) in [6.45, 7) is 2.59. The molecule has 0 aliphatic rings. The third kappa shape index (κ3) is 28.2. The molecule has 0 spiro atoms. The van der Waals surface area contributed by atoms with Crippen LogP contribution in [0.1, 0.15) is 129 Å². The monoisotopic (exact) mass is 495 g/mol. The summed E-state index contributed by atoms with van der Waals surface area (Å²) in [6, 6.07) is 0. The summed E-state index contributed by atoms with van der Waals surface area (Å²) >= 11 is 0. The van der Waals surface area contributed by atoms with E-state index in [9.17, 15) is 17.8 Å². The number of carbonyl (C=O) groups is 1. The number of hydrogen-bond donors (Lipinski definition) is 0. The topological polar surface area (TPSA) is 77.5 Å². The summed E-state index contributed by atoms with van der Waals surface area (Å²) in [7, 11) is -2.51. The smallest absolute Gasteiger partial charge is 0.748 e. The van der Waals surface area contributed by atoms with Gasteiger partial charge in [0.25, 0.3) is 0 Å². The first kappa shape index (κ1) is 35.3. The van der Waals surface area contributed by atoms with Crippen molar-refractivity contribution in [1.82, 2.24) is 4.90 Å². The maximum atomic E-state index is 12.0. The molecule has 5 nitrogen and oxygen atoms in total. The van der Waals surface area contributed by atoms with Crippen LogP contribution in [-0.4, -0.2) is 43.1 Å². The van der Waals surface area contributed by atoms with Gasteiger partial charge in [0.2, 0.25) is 5.91 Å². The first-order chi connectivity index (χ1) is 15.4. The number of rotatable bonds is 23. The van der Waals surface area contributed by atoms with E-state index in [-0.39, 0.29) is 41.9 Å². The van der Waals surface area contributed by atoms with Crippen LogP contribution < -0.4 is 29.6 Å². The Bertz CT molecular complexity index is 567. The first-order valence-corrected chi connectivity index (χ1v) is 14.8. The zero-order chi connectivity index (χ0) is 23.9. The molecule has 0 aliphatic carbocycles. The molecule has 0 bridgehead atoms. The van der Waals surface area contributed by atoms with Crippen LogP contribution in [0.2, 0.25) is 0 Å². The summed E-state index contributed by atoms with van der Waals surface area (Å²) in [5.74, 6) is -0.366. The van der Waals surface area contributed by atoms with Crippen LogP contribution in [0.3, 0.4) is 0 Å². The fraction of sp³-hybridized carbons (Fsp3) is 0.885. The van der Waals surface area contributed by atoms with Gasteiger partial charge in [-0.05, 0) is 38.5 Å². The quantitative estimate of drug-likeness (QED) is 0.0930. The Labute approximate surface area is 227 Å². The van der Waals surface area contributed by atoms with E-state index in [2.05, 4.69) is 19.1 Å². The maximum Gasteiger partial charge on any atom is 1.00 e. The van der Waals surface area contributed by atoms with Crippen LogP contribution in [0.4, 0.5) is 0 Å². The number of amides is 1. The third-order valence-corrected chi connectivity index (χ3v) is 6.75. The average molecular weight is 496 g/mol. The minimum atomic E-state index is -4.18. The Morgan fingerprint density at radius 3 is 1.61 bits per heavy atom. The normalized spacial score (nSPS) is 11.6.